The number of nitrogens with one attached hydrogen (secondary N) is 1. The first-order valence-corrected chi connectivity index (χ1v) is 3.32. The predicted octanol–water partition coefficient (Wildman–Crippen LogP) is 0.667. The minimum atomic E-state index is 0.102. The number of nitrogens with zero attached hydrogens (tertiary/aromatic N) is 1. The zero-order chi connectivity index (χ0) is 7.11. The number of rotatable bonds is 4. The van der Waals surface area contributed by atoms with Crippen molar-refractivity contribution in [1.82, 2.24) is 5.43 Å². The van der Waals surface area contributed by atoms with Crippen LogP contribution in [0.15, 0.2) is 4.99 Å². The van der Waals surface area contributed by atoms with E-state index in [0.29, 0.717) is 0 Å². The van der Waals surface area contributed by atoms with Crippen molar-refractivity contribution in [3.8, 4) is 0 Å². The average molecular weight is 129 g/mol. The second-order valence-corrected chi connectivity index (χ2v) is 1.83. The molecule has 0 unspecified atom stereocenters. The lowest BCUT2D eigenvalue weighted by atomic mass is 10.4. The van der Waals surface area contributed by atoms with Crippen molar-refractivity contribution in [2.75, 3.05) is 0 Å². The van der Waals surface area contributed by atoms with E-state index in [-0.39, 0.29) is 6.17 Å². The van der Waals surface area contributed by atoms with Gasteiger partial charge in [0.15, 0.2) is 0 Å². The normalized spacial score (nSPS) is 14.6. The number of hydrogen-bond donors (Lipinski definition) is 2. The van der Waals surface area contributed by atoms with Gasteiger partial charge in [0.05, 0.1) is 0 Å². The fourth-order valence-corrected chi connectivity index (χ4v) is 0.499. The number of nitrogens with two attached hydrogens (primary N) is 1. The minimum absolute atomic E-state index is 0.102. The van der Waals surface area contributed by atoms with Crippen LogP contribution in [0.2, 0.25) is 0 Å². The summed E-state index contributed by atoms with van der Waals surface area (Å²) in [5.74, 6) is 5.16. The molecular formula is C6H15N3. The fraction of sp³-hybridized carbons (Fsp3) is 0.833. The Bertz CT molecular complexity index is 76.4. The highest BCUT2D eigenvalue weighted by atomic mass is 15.3. The van der Waals surface area contributed by atoms with Crippen LogP contribution in [0, 0.1) is 0 Å². The molecule has 0 amide bonds. The topological polar surface area (TPSA) is 50.4 Å². The molecule has 0 aromatic carbocycles. The highest BCUT2D eigenvalue weighted by Gasteiger charge is 1.94. The summed E-state index contributed by atoms with van der Waals surface area (Å²) in [7, 11) is 0. The lowest BCUT2D eigenvalue weighted by Crippen LogP contribution is -2.32. The van der Waals surface area contributed by atoms with Gasteiger partial charge >= 0.3 is 0 Å². The van der Waals surface area contributed by atoms with Gasteiger partial charge in [-0.25, -0.2) is 5.43 Å². The maximum Gasteiger partial charge on any atom is 0.111 e. The Hall–Kier alpha value is -0.410. The zero-order valence-corrected chi connectivity index (χ0v) is 6.09. The van der Waals surface area contributed by atoms with Gasteiger partial charge in [0.1, 0.15) is 6.17 Å². The van der Waals surface area contributed by atoms with E-state index in [1.165, 1.54) is 0 Å². The first kappa shape index (κ1) is 8.59. The molecule has 0 saturated heterocycles. The third-order valence-electron chi connectivity index (χ3n) is 1.05. The molecule has 0 saturated carbocycles. The Balaban J connectivity index is 3.41. The van der Waals surface area contributed by atoms with Crippen LogP contribution in [0.3, 0.4) is 0 Å². The van der Waals surface area contributed by atoms with Crippen LogP contribution in [-0.4, -0.2) is 12.4 Å². The van der Waals surface area contributed by atoms with E-state index >= 15 is 0 Å². The minimum Gasteiger partial charge on any atom is -0.278 e. The number of aliphatic imine (C=N–C) groups is 1. The van der Waals surface area contributed by atoms with Crippen LogP contribution < -0.4 is 11.3 Å². The van der Waals surface area contributed by atoms with Crippen molar-refractivity contribution in [3.05, 3.63) is 0 Å². The molecule has 1 atom stereocenters. The Morgan fingerprint density at radius 2 is 2.33 bits per heavy atom. The predicted molar refractivity (Wildman–Crippen MR) is 40.2 cm³/mol. The van der Waals surface area contributed by atoms with Crippen molar-refractivity contribution in [1.29, 1.82) is 0 Å². The lowest BCUT2D eigenvalue weighted by molar-refractivity contribution is 0.536. The summed E-state index contributed by atoms with van der Waals surface area (Å²) < 4.78 is 0. The summed E-state index contributed by atoms with van der Waals surface area (Å²) in [6, 6.07) is 0. The van der Waals surface area contributed by atoms with Gasteiger partial charge in [-0.2, -0.15) is 0 Å². The Morgan fingerprint density at radius 3 is 2.67 bits per heavy atom. The van der Waals surface area contributed by atoms with E-state index in [1.54, 1.807) is 0 Å². The summed E-state index contributed by atoms with van der Waals surface area (Å²) >= 11 is 0. The quantitative estimate of drug-likeness (QED) is 0.333. The van der Waals surface area contributed by atoms with E-state index in [1.807, 2.05) is 20.1 Å². The van der Waals surface area contributed by atoms with Gasteiger partial charge < -0.3 is 0 Å². The van der Waals surface area contributed by atoms with Crippen molar-refractivity contribution >= 4 is 6.21 Å². The van der Waals surface area contributed by atoms with E-state index in [2.05, 4.69) is 10.4 Å². The molecule has 0 heterocycles. The molecular weight excluding hydrogens is 114 g/mol. The van der Waals surface area contributed by atoms with E-state index in [4.69, 9.17) is 5.84 Å². The lowest BCUT2D eigenvalue weighted by Gasteiger charge is -2.05. The summed E-state index contributed by atoms with van der Waals surface area (Å²) in [5.41, 5.74) is 2.59. The highest BCUT2D eigenvalue weighted by molar-refractivity contribution is 5.56. The van der Waals surface area contributed by atoms with Gasteiger partial charge in [-0.05, 0) is 12.8 Å². The van der Waals surface area contributed by atoms with Gasteiger partial charge in [-0.1, -0.05) is 13.8 Å². The van der Waals surface area contributed by atoms with E-state index < -0.39 is 0 Å². The van der Waals surface area contributed by atoms with Crippen LogP contribution in [0.4, 0.5) is 0 Å². The van der Waals surface area contributed by atoms with Crippen LogP contribution in [0.1, 0.15) is 26.7 Å². The maximum atomic E-state index is 5.16. The highest BCUT2D eigenvalue weighted by Crippen LogP contribution is 1.88. The van der Waals surface area contributed by atoms with E-state index in [0.717, 1.165) is 12.8 Å². The van der Waals surface area contributed by atoms with Crippen molar-refractivity contribution < 1.29 is 0 Å². The average Bonchev–Trinajstić information content (AvgIpc) is 1.91. The maximum absolute atomic E-state index is 5.16. The molecule has 0 aliphatic heterocycles. The second-order valence-electron chi connectivity index (χ2n) is 1.83. The zero-order valence-electron chi connectivity index (χ0n) is 6.09. The van der Waals surface area contributed by atoms with Crippen LogP contribution >= 0.6 is 0 Å². The molecule has 3 heteroatoms. The molecule has 0 bridgehead atoms. The first-order chi connectivity index (χ1) is 4.35. The Morgan fingerprint density at radius 1 is 1.67 bits per heavy atom. The Labute approximate surface area is 56.3 Å². The van der Waals surface area contributed by atoms with Gasteiger partial charge in [0, 0.05) is 6.21 Å². The molecule has 0 fully saturated rings. The number of hydrazine groups is 1. The third-order valence-corrected chi connectivity index (χ3v) is 1.05. The first-order valence-electron chi connectivity index (χ1n) is 3.32. The molecule has 0 aliphatic rings. The molecule has 0 rings (SSSR count). The molecule has 0 spiro atoms. The summed E-state index contributed by atoms with van der Waals surface area (Å²) in [6.07, 6.45) is 3.88. The molecule has 54 valence electrons. The standard InChI is InChI=1S/C6H15N3/c1-3-5-8-6(4-2)9-7/h5-6,9H,3-4,7H2,1-2H3/t6-/m1/s1. The molecule has 0 aliphatic carbocycles. The molecule has 3 nitrogen and oxygen atoms in total. The van der Waals surface area contributed by atoms with Gasteiger partial charge in [-0.3, -0.25) is 10.8 Å². The molecule has 0 aromatic rings. The Kier molecular flexibility index (Phi) is 5.46. The summed E-state index contributed by atoms with van der Waals surface area (Å²) in [4.78, 5) is 4.12. The van der Waals surface area contributed by atoms with Crippen molar-refractivity contribution in [2.45, 2.75) is 32.9 Å². The van der Waals surface area contributed by atoms with Crippen LogP contribution in [-0.2, 0) is 0 Å². The van der Waals surface area contributed by atoms with Gasteiger partial charge in [-0.15, -0.1) is 0 Å². The smallest absolute Gasteiger partial charge is 0.111 e. The van der Waals surface area contributed by atoms with Gasteiger partial charge in [0.2, 0.25) is 0 Å². The van der Waals surface area contributed by atoms with Gasteiger partial charge in [0.25, 0.3) is 0 Å². The van der Waals surface area contributed by atoms with Crippen molar-refractivity contribution in [2.24, 2.45) is 10.8 Å². The van der Waals surface area contributed by atoms with E-state index in [9.17, 15) is 0 Å². The molecule has 9 heavy (non-hydrogen) atoms. The molecule has 0 radical (unpaired) electrons. The third kappa shape index (κ3) is 4.12. The van der Waals surface area contributed by atoms with Crippen LogP contribution in [0.5, 0.6) is 0 Å². The monoisotopic (exact) mass is 129 g/mol. The molecule has 3 N–H and O–H groups in total. The second kappa shape index (κ2) is 5.72. The number of hydrogen-bond acceptors (Lipinski definition) is 3. The molecule has 0 aromatic heterocycles. The van der Waals surface area contributed by atoms with Crippen LogP contribution in [0.25, 0.3) is 0 Å². The van der Waals surface area contributed by atoms with Crippen molar-refractivity contribution in [3.63, 3.8) is 0 Å². The largest absolute Gasteiger partial charge is 0.278 e. The fourth-order valence-electron chi connectivity index (χ4n) is 0.499. The SMILES string of the molecule is CCC=N[C@@H](CC)NN. The summed E-state index contributed by atoms with van der Waals surface area (Å²) in [6.45, 7) is 4.09. The summed E-state index contributed by atoms with van der Waals surface area (Å²) in [5, 5.41) is 0.